The summed E-state index contributed by atoms with van der Waals surface area (Å²) in [5, 5.41) is 0. The molecule has 0 saturated carbocycles. The molecule has 2 N–H and O–H groups in total. The van der Waals surface area contributed by atoms with Gasteiger partial charge in [-0.3, -0.25) is 0 Å². The Morgan fingerprint density at radius 3 is 2.79 bits per heavy atom. The van der Waals surface area contributed by atoms with Gasteiger partial charge in [-0.25, -0.2) is 0 Å². The monoisotopic (exact) mass is 324 g/mol. The van der Waals surface area contributed by atoms with Crippen molar-refractivity contribution < 1.29 is 0 Å². The van der Waals surface area contributed by atoms with Gasteiger partial charge in [-0.1, -0.05) is 28.9 Å². The topological polar surface area (TPSA) is 29.3 Å². The predicted molar refractivity (Wildman–Crippen MR) is 86.7 cm³/mol. The summed E-state index contributed by atoms with van der Waals surface area (Å²) < 4.78 is 1.15. The Bertz CT molecular complexity index is 431. The van der Waals surface area contributed by atoms with Crippen LogP contribution in [-0.4, -0.2) is 18.6 Å². The largest absolute Gasteiger partial charge is 0.369 e. The highest BCUT2D eigenvalue weighted by atomic mass is 79.9. The molecular weight excluding hydrogens is 300 g/mol. The van der Waals surface area contributed by atoms with Crippen molar-refractivity contribution in [2.24, 2.45) is 11.7 Å². The van der Waals surface area contributed by atoms with Crippen LogP contribution < -0.4 is 10.6 Å². The highest BCUT2D eigenvalue weighted by Crippen LogP contribution is 2.32. The second-order valence-electron chi connectivity index (χ2n) is 6.13. The van der Waals surface area contributed by atoms with Crippen molar-refractivity contribution in [1.29, 1.82) is 0 Å². The van der Waals surface area contributed by atoms with Crippen molar-refractivity contribution in [2.75, 3.05) is 11.4 Å². The van der Waals surface area contributed by atoms with Gasteiger partial charge in [0.2, 0.25) is 0 Å². The molecule has 1 aliphatic rings. The van der Waals surface area contributed by atoms with Gasteiger partial charge in [0.15, 0.2) is 0 Å². The average Bonchev–Trinajstić information content (AvgIpc) is 2.31. The number of nitrogens with zero attached hydrogens (tertiary/aromatic N) is 1. The van der Waals surface area contributed by atoms with Crippen molar-refractivity contribution in [3.05, 3.63) is 28.2 Å². The maximum atomic E-state index is 5.99. The molecule has 2 nitrogen and oxygen atoms in total. The molecule has 106 valence electrons. The van der Waals surface area contributed by atoms with Gasteiger partial charge in [0.05, 0.1) is 0 Å². The van der Waals surface area contributed by atoms with E-state index in [0.717, 1.165) is 23.4 Å². The van der Waals surface area contributed by atoms with Crippen LogP contribution in [0.1, 0.15) is 39.2 Å². The number of nitrogens with two attached hydrogens (primary N) is 1. The van der Waals surface area contributed by atoms with Crippen LogP contribution in [0.4, 0.5) is 5.69 Å². The Hall–Kier alpha value is -0.540. The van der Waals surface area contributed by atoms with E-state index in [0.29, 0.717) is 6.04 Å². The lowest BCUT2D eigenvalue weighted by atomic mass is 9.92. The van der Waals surface area contributed by atoms with Crippen LogP contribution in [0.25, 0.3) is 0 Å². The third-order valence-electron chi connectivity index (χ3n) is 4.04. The summed E-state index contributed by atoms with van der Waals surface area (Å²) in [6.45, 7) is 7.93. The van der Waals surface area contributed by atoms with Crippen molar-refractivity contribution in [2.45, 2.75) is 52.1 Å². The first-order chi connectivity index (χ1) is 8.97. The SMILES string of the molecule is CC(N)Cc1ccc(Br)cc1N1CCC(C)CC1C. The first kappa shape index (κ1) is 14.9. The maximum absolute atomic E-state index is 5.99. The van der Waals surface area contributed by atoms with E-state index in [2.05, 4.69) is 59.8 Å². The van der Waals surface area contributed by atoms with Gasteiger partial charge in [0, 0.05) is 28.8 Å². The van der Waals surface area contributed by atoms with E-state index in [4.69, 9.17) is 5.73 Å². The predicted octanol–water partition coefficient (Wildman–Crippen LogP) is 3.96. The summed E-state index contributed by atoms with van der Waals surface area (Å²) in [6.07, 6.45) is 3.51. The molecule has 1 saturated heterocycles. The van der Waals surface area contributed by atoms with Crippen LogP contribution in [0.5, 0.6) is 0 Å². The minimum atomic E-state index is 0.207. The van der Waals surface area contributed by atoms with Crippen LogP contribution in [0.2, 0.25) is 0 Å². The Kier molecular flexibility index (Phi) is 4.91. The normalized spacial score (nSPS) is 25.4. The second-order valence-corrected chi connectivity index (χ2v) is 7.04. The summed E-state index contributed by atoms with van der Waals surface area (Å²) in [5.41, 5.74) is 8.73. The zero-order valence-corrected chi connectivity index (χ0v) is 13.8. The minimum absolute atomic E-state index is 0.207. The molecule has 1 heterocycles. The van der Waals surface area contributed by atoms with Crippen LogP contribution >= 0.6 is 15.9 Å². The van der Waals surface area contributed by atoms with Gasteiger partial charge in [-0.2, -0.15) is 0 Å². The fourth-order valence-electron chi connectivity index (χ4n) is 3.09. The van der Waals surface area contributed by atoms with Crippen LogP contribution in [0.15, 0.2) is 22.7 Å². The lowest BCUT2D eigenvalue weighted by molar-refractivity contribution is 0.377. The Morgan fingerprint density at radius 2 is 2.16 bits per heavy atom. The molecule has 1 aromatic rings. The van der Waals surface area contributed by atoms with Crippen molar-refractivity contribution >= 4 is 21.6 Å². The van der Waals surface area contributed by atoms with Gasteiger partial charge in [0.25, 0.3) is 0 Å². The lowest BCUT2D eigenvalue weighted by Gasteiger charge is -2.39. The Labute approximate surface area is 125 Å². The molecule has 0 aliphatic carbocycles. The van der Waals surface area contributed by atoms with E-state index in [1.54, 1.807) is 0 Å². The zero-order chi connectivity index (χ0) is 14.0. The van der Waals surface area contributed by atoms with Crippen molar-refractivity contribution in [3.63, 3.8) is 0 Å². The number of anilines is 1. The van der Waals surface area contributed by atoms with Gasteiger partial charge in [0.1, 0.15) is 0 Å². The van der Waals surface area contributed by atoms with Crippen LogP contribution in [0.3, 0.4) is 0 Å². The van der Waals surface area contributed by atoms with Crippen molar-refractivity contribution in [3.8, 4) is 0 Å². The molecule has 19 heavy (non-hydrogen) atoms. The quantitative estimate of drug-likeness (QED) is 0.911. The summed E-state index contributed by atoms with van der Waals surface area (Å²) in [5.74, 6) is 0.843. The molecule has 1 fully saturated rings. The van der Waals surface area contributed by atoms with Gasteiger partial charge < -0.3 is 10.6 Å². The molecule has 0 amide bonds. The van der Waals surface area contributed by atoms with E-state index in [1.165, 1.54) is 24.1 Å². The molecule has 3 unspecified atom stereocenters. The molecule has 0 spiro atoms. The number of halogens is 1. The first-order valence-corrected chi connectivity index (χ1v) is 8.07. The third kappa shape index (κ3) is 3.73. The maximum Gasteiger partial charge on any atom is 0.0413 e. The van der Waals surface area contributed by atoms with Gasteiger partial charge >= 0.3 is 0 Å². The summed E-state index contributed by atoms with van der Waals surface area (Å²) >= 11 is 3.60. The molecule has 0 bridgehead atoms. The Morgan fingerprint density at radius 1 is 1.42 bits per heavy atom. The highest BCUT2D eigenvalue weighted by Gasteiger charge is 2.24. The highest BCUT2D eigenvalue weighted by molar-refractivity contribution is 9.10. The van der Waals surface area contributed by atoms with Gasteiger partial charge in [-0.15, -0.1) is 0 Å². The van der Waals surface area contributed by atoms with Crippen LogP contribution in [-0.2, 0) is 6.42 Å². The molecular formula is C16H25BrN2. The molecule has 3 atom stereocenters. The zero-order valence-electron chi connectivity index (χ0n) is 12.2. The lowest BCUT2D eigenvalue weighted by Crippen LogP contribution is -2.41. The minimum Gasteiger partial charge on any atom is -0.369 e. The van der Waals surface area contributed by atoms with Crippen LogP contribution in [0, 0.1) is 5.92 Å². The number of hydrogen-bond acceptors (Lipinski definition) is 2. The third-order valence-corrected chi connectivity index (χ3v) is 4.53. The summed E-state index contributed by atoms with van der Waals surface area (Å²) in [6, 6.07) is 7.42. The molecule has 3 heteroatoms. The van der Waals surface area contributed by atoms with E-state index < -0.39 is 0 Å². The molecule has 0 aromatic heterocycles. The molecule has 1 aromatic carbocycles. The summed E-state index contributed by atoms with van der Waals surface area (Å²) in [4.78, 5) is 2.56. The first-order valence-electron chi connectivity index (χ1n) is 7.28. The van der Waals surface area contributed by atoms with E-state index >= 15 is 0 Å². The number of rotatable bonds is 3. The molecule has 2 rings (SSSR count). The second kappa shape index (κ2) is 6.27. The van der Waals surface area contributed by atoms with E-state index in [9.17, 15) is 0 Å². The average molecular weight is 325 g/mol. The molecule has 1 aliphatic heterocycles. The van der Waals surface area contributed by atoms with Gasteiger partial charge in [-0.05, 0) is 56.7 Å². The fourth-order valence-corrected chi connectivity index (χ4v) is 3.44. The number of hydrogen-bond donors (Lipinski definition) is 1. The number of piperidine rings is 1. The van der Waals surface area contributed by atoms with E-state index in [1.807, 2.05) is 0 Å². The van der Waals surface area contributed by atoms with Crippen molar-refractivity contribution in [1.82, 2.24) is 0 Å². The standard InChI is InChI=1S/C16H25BrN2/c1-11-6-7-19(13(3)8-11)16-10-15(17)5-4-14(16)9-12(2)18/h4-5,10-13H,6-9,18H2,1-3H3. The molecule has 0 radical (unpaired) electrons. The summed E-state index contributed by atoms with van der Waals surface area (Å²) in [7, 11) is 0. The number of benzene rings is 1. The smallest absolute Gasteiger partial charge is 0.0413 e. The fraction of sp³-hybridized carbons (Fsp3) is 0.625. The Balaban J connectivity index is 2.29. The van der Waals surface area contributed by atoms with E-state index in [-0.39, 0.29) is 6.04 Å².